The lowest BCUT2D eigenvalue weighted by atomic mass is 10.0. The number of nitrogens with zero attached hydrogens (tertiary/aromatic N) is 6. The van der Waals surface area contributed by atoms with Gasteiger partial charge in [0.1, 0.15) is 18.7 Å². The number of carbonyl (C=O) groups excluding carboxylic acids is 1. The molecule has 8 heteroatoms. The van der Waals surface area contributed by atoms with Crippen LogP contribution in [0, 0.1) is 0 Å². The molecular formula is C20H22N6O2. The van der Waals surface area contributed by atoms with E-state index >= 15 is 0 Å². The van der Waals surface area contributed by atoms with E-state index in [9.17, 15) is 4.79 Å². The van der Waals surface area contributed by atoms with Crippen LogP contribution in [-0.2, 0) is 29.0 Å². The predicted molar refractivity (Wildman–Crippen MR) is 104 cm³/mol. The lowest BCUT2D eigenvalue weighted by Crippen LogP contribution is -2.41. The molecule has 0 spiro atoms. The number of carbonyl (C=O) groups is 1. The molecule has 8 nitrogen and oxygen atoms in total. The quantitative estimate of drug-likeness (QED) is 0.683. The van der Waals surface area contributed by atoms with Crippen molar-refractivity contribution in [2.24, 2.45) is 0 Å². The fraction of sp³-hybridized carbons (Fsp3) is 0.400. The smallest absolute Gasteiger partial charge is 0.244 e. The number of aromatic nitrogens is 4. The summed E-state index contributed by atoms with van der Waals surface area (Å²) >= 11 is 0. The van der Waals surface area contributed by atoms with Crippen molar-refractivity contribution < 1.29 is 9.53 Å². The van der Waals surface area contributed by atoms with Gasteiger partial charge in [0.2, 0.25) is 5.91 Å². The Balaban J connectivity index is 1.32. The molecule has 0 saturated carbocycles. The molecule has 144 valence electrons. The monoisotopic (exact) mass is 378 g/mol. The fourth-order valence-corrected chi connectivity index (χ4v) is 3.93. The minimum absolute atomic E-state index is 0.0602. The van der Waals surface area contributed by atoms with Gasteiger partial charge in [-0.05, 0) is 12.5 Å². The molecule has 2 aromatic heterocycles. The SMILES string of the molecule is O=C(Cn1cc2ccccc2n1)N1CCc2c(ncnc2N2CCOCC2)C1. The summed E-state index contributed by atoms with van der Waals surface area (Å²) in [6.07, 6.45) is 4.30. The van der Waals surface area contributed by atoms with Crippen LogP contribution in [0.15, 0.2) is 36.8 Å². The van der Waals surface area contributed by atoms with Crippen molar-refractivity contribution in [1.29, 1.82) is 0 Å². The van der Waals surface area contributed by atoms with Gasteiger partial charge in [0.25, 0.3) is 0 Å². The molecule has 0 atom stereocenters. The number of ether oxygens (including phenoxy) is 1. The van der Waals surface area contributed by atoms with Crippen molar-refractivity contribution in [2.45, 2.75) is 19.5 Å². The van der Waals surface area contributed by atoms with E-state index < -0.39 is 0 Å². The molecular weight excluding hydrogens is 356 g/mol. The summed E-state index contributed by atoms with van der Waals surface area (Å²) in [6.45, 7) is 4.58. The Morgan fingerprint density at radius 2 is 1.96 bits per heavy atom. The van der Waals surface area contributed by atoms with Crippen molar-refractivity contribution in [3.63, 3.8) is 0 Å². The molecule has 4 heterocycles. The third-order valence-electron chi connectivity index (χ3n) is 5.41. The standard InChI is InChI=1S/C20H22N6O2/c27-19(13-26-11-15-3-1-2-4-17(15)23-26)25-6-5-16-18(12-25)21-14-22-20(16)24-7-9-28-10-8-24/h1-4,11,14H,5-10,12-13H2. The van der Waals surface area contributed by atoms with Crippen molar-refractivity contribution in [3.05, 3.63) is 48.0 Å². The summed E-state index contributed by atoms with van der Waals surface area (Å²) in [6, 6.07) is 7.89. The molecule has 28 heavy (non-hydrogen) atoms. The molecule has 0 aliphatic carbocycles. The topological polar surface area (TPSA) is 76.4 Å². The van der Waals surface area contributed by atoms with Crippen LogP contribution in [0.4, 0.5) is 5.82 Å². The molecule has 0 bridgehead atoms. The largest absolute Gasteiger partial charge is 0.378 e. The third-order valence-corrected chi connectivity index (χ3v) is 5.41. The molecule has 1 amide bonds. The van der Waals surface area contributed by atoms with Gasteiger partial charge in [0.05, 0.1) is 31.0 Å². The molecule has 1 fully saturated rings. The van der Waals surface area contributed by atoms with Gasteiger partial charge in [0, 0.05) is 36.8 Å². The van der Waals surface area contributed by atoms with Gasteiger partial charge in [0.15, 0.2) is 0 Å². The first kappa shape index (κ1) is 17.1. The summed E-state index contributed by atoms with van der Waals surface area (Å²) in [5.41, 5.74) is 3.02. The first-order chi connectivity index (χ1) is 13.8. The molecule has 2 aliphatic rings. The summed E-state index contributed by atoms with van der Waals surface area (Å²) in [7, 11) is 0. The van der Waals surface area contributed by atoms with Crippen molar-refractivity contribution >= 4 is 22.6 Å². The van der Waals surface area contributed by atoms with E-state index in [1.165, 1.54) is 5.56 Å². The molecule has 1 saturated heterocycles. The van der Waals surface area contributed by atoms with Gasteiger partial charge in [-0.25, -0.2) is 9.97 Å². The number of hydrogen-bond donors (Lipinski definition) is 0. The number of benzene rings is 1. The summed E-state index contributed by atoms with van der Waals surface area (Å²) < 4.78 is 7.17. The van der Waals surface area contributed by atoms with Gasteiger partial charge >= 0.3 is 0 Å². The van der Waals surface area contributed by atoms with Crippen LogP contribution in [-0.4, -0.2) is 63.4 Å². The van der Waals surface area contributed by atoms with Crippen LogP contribution < -0.4 is 4.90 Å². The lowest BCUT2D eigenvalue weighted by Gasteiger charge is -2.33. The third kappa shape index (κ3) is 3.20. The Labute approximate surface area is 162 Å². The van der Waals surface area contributed by atoms with E-state index in [1.54, 1.807) is 11.0 Å². The zero-order chi connectivity index (χ0) is 18.9. The summed E-state index contributed by atoms with van der Waals surface area (Å²) in [4.78, 5) is 25.9. The highest BCUT2D eigenvalue weighted by Crippen LogP contribution is 2.26. The maximum absolute atomic E-state index is 12.8. The highest BCUT2D eigenvalue weighted by molar-refractivity contribution is 5.80. The van der Waals surface area contributed by atoms with Crippen LogP contribution in [0.3, 0.4) is 0 Å². The molecule has 5 rings (SSSR count). The van der Waals surface area contributed by atoms with Gasteiger partial charge < -0.3 is 14.5 Å². The molecule has 0 radical (unpaired) electrons. The minimum Gasteiger partial charge on any atom is -0.378 e. The maximum atomic E-state index is 12.8. The molecule has 0 N–H and O–H groups in total. The average molecular weight is 378 g/mol. The van der Waals surface area contributed by atoms with E-state index in [0.29, 0.717) is 13.1 Å². The molecule has 0 unspecified atom stereocenters. The van der Waals surface area contributed by atoms with E-state index in [0.717, 1.165) is 55.1 Å². The number of rotatable bonds is 3. The Bertz CT molecular complexity index is 978. The maximum Gasteiger partial charge on any atom is 0.244 e. The molecule has 3 aromatic rings. The van der Waals surface area contributed by atoms with E-state index in [2.05, 4.69) is 20.0 Å². The van der Waals surface area contributed by atoms with Crippen molar-refractivity contribution in [3.8, 4) is 0 Å². The highest BCUT2D eigenvalue weighted by atomic mass is 16.5. The normalized spacial score (nSPS) is 17.0. The summed E-state index contributed by atoms with van der Waals surface area (Å²) in [5, 5.41) is 5.54. The van der Waals surface area contributed by atoms with E-state index in [4.69, 9.17) is 4.74 Å². The van der Waals surface area contributed by atoms with Crippen LogP contribution in [0.1, 0.15) is 11.3 Å². The Kier molecular flexibility index (Phi) is 4.40. The fourth-order valence-electron chi connectivity index (χ4n) is 3.93. The van der Waals surface area contributed by atoms with Gasteiger partial charge in [-0.1, -0.05) is 18.2 Å². The zero-order valence-corrected chi connectivity index (χ0v) is 15.6. The second kappa shape index (κ2) is 7.20. The van der Waals surface area contributed by atoms with Crippen LogP contribution >= 0.6 is 0 Å². The number of hydrogen-bond acceptors (Lipinski definition) is 6. The van der Waals surface area contributed by atoms with Gasteiger partial charge in [-0.2, -0.15) is 5.10 Å². The molecule has 2 aliphatic heterocycles. The summed E-state index contributed by atoms with van der Waals surface area (Å²) in [5.74, 6) is 1.06. The first-order valence-corrected chi connectivity index (χ1v) is 9.63. The van der Waals surface area contributed by atoms with Crippen LogP contribution in [0.25, 0.3) is 10.9 Å². The zero-order valence-electron chi connectivity index (χ0n) is 15.6. The Morgan fingerprint density at radius 3 is 2.82 bits per heavy atom. The number of amides is 1. The lowest BCUT2D eigenvalue weighted by molar-refractivity contribution is -0.133. The number of fused-ring (bicyclic) bond motifs is 2. The first-order valence-electron chi connectivity index (χ1n) is 9.63. The van der Waals surface area contributed by atoms with Gasteiger partial charge in [-0.3, -0.25) is 9.48 Å². The second-order valence-electron chi connectivity index (χ2n) is 7.17. The second-order valence-corrected chi connectivity index (χ2v) is 7.17. The Hall–Kier alpha value is -3.00. The predicted octanol–water partition coefficient (Wildman–Crippen LogP) is 1.25. The van der Waals surface area contributed by atoms with Crippen LogP contribution in [0.5, 0.6) is 0 Å². The highest BCUT2D eigenvalue weighted by Gasteiger charge is 2.26. The van der Waals surface area contributed by atoms with Gasteiger partial charge in [-0.15, -0.1) is 0 Å². The Morgan fingerprint density at radius 1 is 1.11 bits per heavy atom. The van der Waals surface area contributed by atoms with E-state index in [1.807, 2.05) is 35.4 Å². The number of morpholine rings is 1. The van der Waals surface area contributed by atoms with Crippen molar-refractivity contribution in [1.82, 2.24) is 24.6 Å². The van der Waals surface area contributed by atoms with Crippen LogP contribution in [0.2, 0.25) is 0 Å². The number of anilines is 1. The average Bonchev–Trinajstić information content (AvgIpc) is 3.15. The van der Waals surface area contributed by atoms with Crippen molar-refractivity contribution in [2.75, 3.05) is 37.7 Å². The molecule has 1 aromatic carbocycles. The minimum atomic E-state index is 0.0602. The van der Waals surface area contributed by atoms with E-state index in [-0.39, 0.29) is 12.5 Å².